The first-order valence-electron chi connectivity index (χ1n) is 7.31. The molecule has 0 unspecified atom stereocenters. The van der Waals surface area contributed by atoms with Crippen molar-refractivity contribution < 1.29 is 23.0 Å². The van der Waals surface area contributed by atoms with Crippen LogP contribution in [0.2, 0.25) is 0 Å². The van der Waals surface area contributed by atoms with Gasteiger partial charge < -0.3 is 20.1 Å². The van der Waals surface area contributed by atoms with Gasteiger partial charge in [0.2, 0.25) is 0 Å². The van der Waals surface area contributed by atoms with Gasteiger partial charge in [-0.15, -0.1) is 0 Å². The van der Waals surface area contributed by atoms with E-state index in [0.717, 1.165) is 12.1 Å². The van der Waals surface area contributed by atoms with Gasteiger partial charge in [0.1, 0.15) is 18.2 Å². The number of nitrogens with one attached hydrogen (secondary N) is 2. The van der Waals surface area contributed by atoms with Crippen LogP contribution in [0.3, 0.4) is 0 Å². The summed E-state index contributed by atoms with van der Waals surface area (Å²) in [6.07, 6.45) is 0. The summed E-state index contributed by atoms with van der Waals surface area (Å²) < 4.78 is 36.2. The van der Waals surface area contributed by atoms with Crippen LogP contribution in [-0.2, 0) is 0 Å². The molecule has 5 nitrogen and oxygen atoms in total. The number of benzene rings is 2. The Morgan fingerprint density at radius 2 is 1.92 bits per heavy atom. The monoisotopic (exact) mass is 346 g/mol. The highest BCUT2D eigenvalue weighted by Gasteiger charge is 2.05. The number of hydrogen-bond acceptors (Lipinski definition) is 3. The van der Waals surface area contributed by atoms with E-state index in [2.05, 4.69) is 22.5 Å². The average molecular weight is 346 g/mol. The Kier molecular flexibility index (Phi) is 6.60. The second kappa shape index (κ2) is 9.13. The molecule has 130 valence electrons. The van der Waals surface area contributed by atoms with Gasteiger partial charge in [0.25, 0.3) is 0 Å². The molecule has 2 amide bonds. The van der Waals surface area contributed by atoms with Crippen molar-refractivity contribution in [1.82, 2.24) is 5.32 Å². The van der Waals surface area contributed by atoms with Gasteiger partial charge in [0.05, 0.1) is 19.3 Å². The molecule has 0 radical (unpaired) electrons. The van der Waals surface area contributed by atoms with Crippen molar-refractivity contribution in [2.45, 2.75) is 0 Å². The first-order valence-corrected chi connectivity index (χ1v) is 7.31. The lowest BCUT2D eigenvalue weighted by atomic mass is 10.3. The lowest BCUT2D eigenvalue weighted by molar-refractivity contribution is 0.253. The van der Waals surface area contributed by atoms with Crippen LogP contribution in [0.15, 0.2) is 42.5 Å². The molecular formula is C18H16F2N2O3. The molecule has 0 fully saturated rings. The van der Waals surface area contributed by atoms with Gasteiger partial charge in [-0.3, -0.25) is 0 Å². The van der Waals surface area contributed by atoms with Crippen LogP contribution in [0.1, 0.15) is 0 Å². The molecule has 0 aliphatic heterocycles. The molecular weight excluding hydrogens is 330 g/mol. The van der Waals surface area contributed by atoms with Gasteiger partial charge >= 0.3 is 6.03 Å². The topological polar surface area (TPSA) is 59.6 Å². The number of carbonyl (C=O) groups excluding carboxylic acids is 1. The summed E-state index contributed by atoms with van der Waals surface area (Å²) in [6, 6.07) is 9.55. The number of amides is 2. The number of hydrogen-bond donors (Lipinski definition) is 2. The van der Waals surface area contributed by atoms with Crippen molar-refractivity contribution in [2.24, 2.45) is 0 Å². The standard InChI is InChI=1S/C18H16F2N2O3/c1-24-17-7-3-2-6-15(17)22-18(23)21-10-4-5-11-25-16-9-8-13(19)12-14(16)20/h2-3,6-9,12H,10-11H2,1H3,(H2,21,22,23). The zero-order valence-corrected chi connectivity index (χ0v) is 13.4. The van der Waals surface area contributed by atoms with E-state index in [0.29, 0.717) is 11.4 Å². The van der Waals surface area contributed by atoms with Gasteiger partial charge in [0, 0.05) is 6.07 Å². The highest BCUT2D eigenvalue weighted by atomic mass is 19.1. The Labute approximate surface area is 143 Å². The lowest BCUT2D eigenvalue weighted by Gasteiger charge is -2.09. The maximum Gasteiger partial charge on any atom is 0.320 e. The van der Waals surface area contributed by atoms with E-state index in [1.807, 2.05) is 0 Å². The van der Waals surface area contributed by atoms with E-state index in [-0.39, 0.29) is 18.9 Å². The Balaban J connectivity index is 1.74. The Bertz CT molecular complexity index is 800. The number of methoxy groups -OCH3 is 1. The van der Waals surface area contributed by atoms with E-state index >= 15 is 0 Å². The molecule has 0 spiro atoms. The largest absolute Gasteiger partial charge is 0.495 e. The van der Waals surface area contributed by atoms with Gasteiger partial charge in [-0.2, -0.15) is 0 Å². The van der Waals surface area contributed by atoms with Crippen LogP contribution in [0.5, 0.6) is 11.5 Å². The predicted molar refractivity (Wildman–Crippen MR) is 89.6 cm³/mol. The van der Waals surface area contributed by atoms with Gasteiger partial charge in [-0.05, 0) is 24.3 Å². The summed E-state index contributed by atoms with van der Waals surface area (Å²) in [4.78, 5) is 11.7. The summed E-state index contributed by atoms with van der Waals surface area (Å²) in [5.74, 6) is 4.25. The SMILES string of the molecule is COc1ccccc1NC(=O)NCC#CCOc1ccc(F)cc1F. The summed E-state index contributed by atoms with van der Waals surface area (Å²) in [5, 5.41) is 5.17. The third kappa shape index (κ3) is 5.70. The fourth-order valence-corrected chi connectivity index (χ4v) is 1.86. The molecule has 2 aromatic rings. The fraction of sp³-hybridized carbons (Fsp3) is 0.167. The smallest absolute Gasteiger partial charge is 0.320 e. The van der Waals surface area contributed by atoms with Crippen LogP contribution in [-0.4, -0.2) is 26.3 Å². The van der Waals surface area contributed by atoms with Crippen molar-refractivity contribution >= 4 is 11.7 Å². The zero-order chi connectivity index (χ0) is 18.1. The fourth-order valence-electron chi connectivity index (χ4n) is 1.86. The Morgan fingerprint density at radius 3 is 2.68 bits per heavy atom. The van der Waals surface area contributed by atoms with Crippen LogP contribution in [0, 0.1) is 23.5 Å². The molecule has 7 heteroatoms. The predicted octanol–water partition coefficient (Wildman–Crippen LogP) is 3.18. The minimum Gasteiger partial charge on any atom is -0.495 e. The zero-order valence-electron chi connectivity index (χ0n) is 13.4. The second-order valence-corrected chi connectivity index (χ2v) is 4.72. The minimum atomic E-state index is -0.795. The summed E-state index contributed by atoms with van der Waals surface area (Å²) in [5.41, 5.74) is 0.533. The number of rotatable bonds is 5. The van der Waals surface area contributed by atoms with E-state index in [4.69, 9.17) is 9.47 Å². The van der Waals surface area contributed by atoms with E-state index in [9.17, 15) is 13.6 Å². The van der Waals surface area contributed by atoms with Crippen LogP contribution in [0.4, 0.5) is 19.3 Å². The number of carbonyl (C=O) groups is 1. The maximum absolute atomic E-state index is 13.3. The molecule has 2 rings (SSSR count). The van der Waals surface area contributed by atoms with E-state index in [1.54, 1.807) is 24.3 Å². The van der Waals surface area contributed by atoms with Crippen molar-refractivity contribution in [1.29, 1.82) is 0 Å². The molecule has 0 heterocycles. The molecule has 0 aromatic heterocycles. The van der Waals surface area contributed by atoms with E-state index < -0.39 is 17.7 Å². The van der Waals surface area contributed by atoms with Crippen molar-refractivity contribution in [3.05, 3.63) is 54.1 Å². The molecule has 0 atom stereocenters. The van der Waals surface area contributed by atoms with Gasteiger partial charge in [-0.1, -0.05) is 24.0 Å². The average Bonchev–Trinajstić information content (AvgIpc) is 2.60. The Hall–Kier alpha value is -3.27. The molecule has 0 aliphatic carbocycles. The quantitative estimate of drug-likeness (QED) is 0.818. The van der Waals surface area contributed by atoms with E-state index in [1.165, 1.54) is 13.2 Å². The molecule has 2 N–H and O–H groups in total. The summed E-state index contributed by atoms with van der Waals surface area (Å²) in [7, 11) is 1.51. The maximum atomic E-state index is 13.3. The highest BCUT2D eigenvalue weighted by molar-refractivity contribution is 5.91. The molecule has 25 heavy (non-hydrogen) atoms. The number of anilines is 1. The summed E-state index contributed by atoms with van der Waals surface area (Å²) >= 11 is 0. The van der Waals surface area contributed by atoms with Crippen LogP contribution < -0.4 is 20.1 Å². The third-order valence-electron chi connectivity index (χ3n) is 3.01. The van der Waals surface area contributed by atoms with Crippen molar-refractivity contribution in [3.8, 4) is 23.3 Å². The van der Waals surface area contributed by atoms with Gasteiger partial charge in [0.15, 0.2) is 11.6 Å². The third-order valence-corrected chi connectivity index (χ3v) is 3.01. The van der Waals surface area contributed by atoms with Crippen LogP contribution >= 0.6 is 0 Å². The lowest BCUT2D eigenvalue weighted by Crippen LogP contribution is -2.29. The first-order chi connectivity index (χ1) is 12.1. The number of para-hydroxylation sites is 2. The number of urea groups is 1. The number of ether oxygens (including phenoxy) is 2. The van der Waals surface area contributed by atoms with Gasteiger partial charge in [-0.25, -0.2) is 13.6 Å². The van der Waals surface area contributed by atoms with Crippen molar-refractivity contribution in [3.63, 3.8) is 0 Å². The summed E-state index contributed by atoms with van der Waals surface area (Å²) in [6.45, 7) is -0.00536. The normalized spacial score (nSPS) is 9.56. The van der Waals surface area contributed by atoms with Crippen LogP contribution in [0.25, 0.3) is 0 Å². The molecule has 0 saturated carbocycles. The molecule has 0 aliphatic rings. The molecule has 2 aromatic carbocycles. The molecule has 0 bridgehead atoms. The number of halogens is 2. The Morgan fingerprint density at radius 1 is 1.12 bits per heavy atom. The second-order valence-electron chi connectivity index (χ2n) is 4.72. The van der Waals surface area contributed by atoms with Crippen molar-refractivity contribution in [2.75, 3.05) is 25.6 Å². The first kappa shape index (κ1) is 18.1. The minimum absolute atomic E-state index is 0.0796. The highest BCUT2D eigenvalue weighted by Crippen LogP contribution is 2.22. The molecule has 0 saturated heterocycles.